The smallest absolute Gasteiger partial charge is 0.166 e. The lowest BCUT2D eigenvalue weighted by Gasteiger charge is -2.09. The molecule has 19 heavy (non-hydrogen) atoms. The van der Waals surface area contributed by atoms with Crippen molar-refractivity contribution in [2.75, 3.05) is 0 Å². The van der Waals surface area contributed by atoms with E-state index in [0.717, 1.165) is 23.5 Å². The number of rotatable bonds is 3. The SMILES string of the molecule is C[B]Cc1cccc(-c2cccc(C(F)(F)F)c2)c1. The Morgan fingerprint density at radius 1 is 0.947 bits per heavy atom. The molecule has 0 saturated carbocycles. The number of halogens is 3. The third kappa shape index (κ3) is 3.40. The zero-order valence-electron chi connectivity index (χ0n) is 10.5. The Hall–Kier alpha value is -1.71. The lowest BCUT2D eigenvalue weighted by Crippen LogP contribution is -2.04. The van der Waals surface area contributed by atoms with Crippen LogP contribution in [0, 0.1) is 0 Å². The molecule has 0 nitrogen and oxygen atoms in total. The maximum absolute atomic E-state index is 12.7. The van der Waals surface area contributed by atoms with Crippen molar-refractivity contribution in [3.63, 3.8) is 0 Å². The van der Waals surface area contributed by atoms with E-state index < -0.39 is 11.7 Å². The van der Waals surface area contributed by atoms with Crippen LogP contribution in [0.2, 0.25) is 6.82 Å². The van der Waals surface area contributed by atoms with Crippen molar-refractivity contribution >= 4 is 7.28 Å². The summed E-state index contributed by atoms with van der Waals surface area (Å²) >= 11 is 0. The van der Waals surface area contributed by atoms with E-state index in [4.69, 9.17) is 0 Å². The summed E-state index contributed by atoms with van der Waals surface area (Å²) in [7, 11) is 2.02. The minimum atomic E-state index is -4.30. The summed E-state index contributed by atoms with van der Waals surface area (Å²) < 4.78 is 38.0. The number of benzene rings is 2. The van der Waals surface area contributed by atoms with E-state index >= 15 is 0 Å². The molecule has 0 fully saturated rings. The van der Waals surface area contributed by atoms with Gasteiger partial charge in [-0.25, -0.2) is 0 Å². The molecule has 0 aliphatic heterocycles. The molecule has 2 aromatic carbocycles. The number of hydrogen-bond acceptors (Lipinski definition) is 0. The molecule has 97 valence electrons. The van der Waals surface area contributed by atoms with E-state index in [2.05, 4.69) is 0 Å². The van der Waals surface area contributed by atoms with Crippen LogP contribution in [0.1, 0.15) is 11.1 Å². The average Bonchev–Trinajstić information content (AvgIpc) is 2.39. The van der Waals surface area contributed by atoms with E-state index in [1.807, 2.05) is 38.4 Å². The molecule has 2 rings (SSSR count). The van der Waals surface area contributed by atoms with Gasteiger partial charge in [0.1, 0.15) is 7.28 Å². The van der Waals surface area contributed by atoms with Gasteiger partial charge in [-0.1, -0.05) is 55.1 Å². The molecule has 0 bridgehead atoms. The van der Waals surface area contributed by atoms with Crippen molar-refractivity contribution in [3.8, 4) is 11.1 Å². The normalized spacial score (nSPS) is 11.4. The molecule has 0 amide bonds. The summed E-state index contributed by atoms with van der Waals surface area (Å²) in [5.41, 5.74) is 1.88. The van der Waals surface area contributed by atoms with Gasteiger partial charge in [0.25, 0.3) is 0 Å². The first-order valence-corrected chi connectivity index (χ1v) is 6.05. The quantitative estimate of drug-likeness (QED) is 0.707. The highest BCUT2D eigenvalue weighted by atomic mass is 19.4. The lowest BCUT2D eigenvalue weighted by atomic mass is 9.75. The Balaban J connectivity index is 2.39. The Morgan fingerprint density at radius 2 is 1.58 bits per heavy atom. The van der Waals surface area contributed by atoms with Crippen molar-refractivity contribution in [1.29, 1.82) is 0 Å². The van der Waals surface area contributed by atoms with E-state index in [0.29, 0.717) is 5.56 Å². The second-order valence-corrected chi connectivity index (χ2v) is 4.39. The van der Waals surface area contributed by atoms with E-state index in [9.17, 15) is 13.2 Å². The maximum atomic E-state index is 12.7. The van der Waals surface area contributed by atoms with Crippen molar-refractivity contribution in [2.45, 2.75) is 19.3 Å². The topological polar surface area (TPSA) is 0 Å². The maximum Gasteiger partial charge on any atom is 0.416 e. The van der Waals surface area contributed by atoms with Gasteiger partial charge in [0.15, 0.2) is 0 Å². The van der Waals surface area contributed by atoms with Crippen LogP contribution >= 0.6 is 0 Å². The highest BCUT2D eigenvalue weighted by Gasteiger charge is 2.30. The van der Waals surface area contributed by atoms with Gasteiger partial charge >= 0.3 is 6.18 Å². The summed E-state index contributed by atoms with van der Waals surface area (Å²) in [5, 5.41) is 0. The van der Waals surface area contributed by atoms with Crippen molar-refractivity contribution in [3.05, 3.63) is 59.7 Å². The van der Waals surface area contributed by atoms with Gasteiger partial charge in [0.2, 0.25) is 0 Å². The van der Waals surface area contributed by atoms with Crippen LogP contribution in [0.5, 0.6) is 0 Å². The second kappa shape index (κ2) is 5.51. The van der Waals surface area contributed by atoms with E-state index in [-0.39, 0.29) is 0 Å². The van der Waals surface area contributed by atoms with E-state index in [1.54, 1.807) is 6.07 Å². The summed E-state index contributed by atoms with van der Waals surface area (Å²) in [5.74, 6) is 0. The molecule has 4 heteroatoms. The Bertz CT molecular complexity index is 561. The molecule has 0 spiro atoms. The van der Waals surface area contributed by atoms with Crippen LogP contribution in [-0.4, -0.2) is 7.28 Å². The minimum Gasteiger partial charge on any atom is -0.166 e. The minimum absolute atomic E-state index is 0.591. The fourth-order valence-corrected chi connectivity index (χ4v) is 1.99. The largest absolute Gasteiger partial charge is 0.416 e. The van der Waals surface area contributed by atoms with E-state index in [1.165, 1.54) is 12.1 Å². The number of hydrogen-bond donors (Lipinski definition) is 0. The molecule has 0 aromatic heterocycles. The summed E-state index contributed by atoms with van der Waals surface area (Å²) in [6.07, 6.45) is -3.49. The molecule has 0 saturated heterocycles. The predicted molar refractivity (Wildman–Crippen MR) is 72.2 cm³/mol. The number of alkyl halides is 3. The zero-order chi connectivity index (χ0) is 13.9. The van der Waals surface area contributed by atoms with Gasteiger partial charge in [-0.2, -0.15) is 13.2 Å². The average molecular weight is 261 g/mol. The Morgan fingerprint density at radius 3 is 2.21 bits per heavy atom. The van der Waals surface area contributed by atoms with Crippen LogP contribution in [0.25, 0.3) is 11.1 Å². The molecule has 0 aliphatic carbocycles. The monoisotopic (exact) mass is 261 g/mol. The van der Waals surface area contributed by atoms with Crippen molar-refractivity contribution < 1.29 is 13.2 Å². The van der Waals surface area contributed by atoms with Crippen LogP contribution in [0.4, 0.5) is 13.2 Å². The summed E-state index contributed by atoms with van der Waals surface area (Å²) in [6, 6.07) is 13.0. The molecular weight excluding hydrogens is 248 g/mol. The highest BCUT2D eigenvalue weighted by Crippen LogP contribution is 2.32. The van der Waals surface area contributed by atoms with Gasteiger partial charge in [0.05, 0.1) is 5.56 Å². The standard InChI is InChI=1S/C15H13BF3/c1-16-10-11-4-2-5-12(8-11)13-6-3-7-14(9-13)15(17,18)19/h2-9H,10H2,1H3. The molecule has 0 aliphatic rings. The molecule has 1 radical (unpaired) electrons. The van der Waals surface area contributed by atoms with Crippen LogP contribution in [-0.2, 0) is 12.5 Å². The summed E-state index contributed by atoms with van der Waals surface area (Å²) in [6.45, 7) is 1.96. The van der Waals surface area contributed by atoms with Crippen molar-refractivity contribution in [1.82, 2.24) is 0 Å². The van der Waals surface area contributed by atoms with Gasteiger partial charge < -0.3 is 0 Å². The Kier molecular flexibility index (Phi) is 3.98. The van der Waals surface area contributed by atoms with Crippen LogP contribution in [0.3, 0.4) is 0 Å². The first-order chi connectivity index (χ1) is 9.00. The fourth-order valence-electron chi connectivity index (χ4n) is 1.99. The van der Waals surface area contributed by atoms with Crippen LogP contribution < -0.4 is 0 Å². The first kappa shape index (κ1) is 13.7. The highest BCUT2D eigenvalue weighted by molar-refractivity contribution is 6.32. The molecular formula is C15H13BF3. The van der Waals surface area contributed by atoms with Gasteiger partial charge in [-0.3, -0.25) is 0 Å². The van der Waals surface area contributed by atoms with Gasteiger partial charge in [0, 0.05) is 0 Å². The van der Waals surface area contributed by atoms with Gasteiger partial charge in [-0.05, 0) is 23.3 Å². The van der Waals surface area contributed by atoms with Gasteiger partial charge in [-0.15, -0.1) is 0 Å². The molecule has 0 N–H and O–H groups in total. The zero-order valence-corrected chi connectivity index (χ0v) is 10.5. The van der Waals surface area contributed by atoms with Crippen LogP contribution in [0.15, 0.2) is 48.5 Å². The molecule has 0 atom stereocenters. The Labute approximate surface area is 111 Å². The first-order valence-electron chi connectivity index (χ1n) is 6.05. The van der Waals surface area contributed by atoms with Crippen molar-refractivity contribution in [2.24, 2.45) is 0 Å². The molecule has 0 heterocycles. The lowest BCUT2D eigenvalue weighted by molar-refractivity contribution is -0.137. The third-order valence-corrected chi connectivity index (χ3v) is 2.89. The fraction of sp³-hybridized carbons (Fsp3) is 0.200. The second-order valence-electron chi connectivity index (χ2n) is 4.39. The molecule has 0 unspecified atom stereocenters. The summed E-state index contributed by atoms with van der Waals surface area (Å²) in [4.78, 5) is 0. The third-order valence-electron chi connectivity index (χ3n) is 2.89. The predicted octanol–water partition coefficient (Wildman–Crippen LogP) is 4.62. The molecule has 2 aromatic rings.